The fourth-order valence-electron chi connectivity index (χ4n) is 1.23. The van der Waals surface area contributed by atoms with Crippen LogP contribution in [0, 0.1) is 0 Å². The van der Waals surface area contributed by atoms with E-state index in [0.717, 1.165) is 25.1 Å². The second-order valence-corrected chi connectivity index (χ2v) is 4.37. The van der Waals surface area contributed by atoms with Crippen molar-refractivity contribution in [3.05, 3.63) is 35.9 Å². The van der Waals surface area contributed by atoms with Gasteiger partial charge in [-0.25, -0.2) is 0 Å². The van der Waals surface area contributed by atoms with Gasteiger partial charge in [0.15, 0.2) is 6.29 Å². The minimum absolute atomic E-state index is 0.0370. The molecule has 0 amide bonds. The average Bonchev–Trinajstić information content (AvgIpc) is 2.50. The zero-order valence-corrected chi connectivity index (χ0v) is 14.1. The first-order valence-electron chi connectivity index (χ1n) is 7.51. The van der Waals surface area contributed by atoms with Gasteiger partial charge in [-0.1, -0.05) is 30.3 Å². The normalized spacial score (nSPS) is 10.9. The van der Waals surface area contributed by atoms with E-state index in [0.29, 0.717) is 6.42 Å². The van der Waals surface area contributed by atoms with Crippen LogP contribution in [-0.4, -0.2) is 48.7 Å². The zero-order valence-electron chi connectivity index (χ0n) is 14.1. The van der Waals surface area contributed by atoms with Gasteiger partial charge in [0.1, 0.15) is 6.29 Å². The van der Waals surface area contributed by atoms with E-state index in [9.17, 15) is 4.79 Å². The predicted molar refractivity (Wildman–Crippen MR) is 87.7 cm³/mol. The molecular weight excluding hydrogens is 284 g/mol. The minimum atomic E-state index is -0.560. The molecule has 5 nitrogen and oxygen atoms in total. The average molecular weight is 314 g/mol. The number of rotatable bonds is 7. The van der Waals surface area contributed by atoms with Gasteiger partial charge in [0, 0.05) is 19.6 Å². The monoisotopic (exact) mass is 314 g/mol. The lowest BCUT2D eigenvalue weighted by atomic mass is 10.2. The SMILES string of the molecule is CC(O)CO.CCOC(C)OCC.O=CCc1ccccc1. The van der Waals surface area contributed by atoms with E-state index < -0.39 is 6.10 Å². The fraction of sp³-hybridized carbons (Fsp3) is 0.588. The summed E-state index contributed by atoms with van der Waals surface area (Å²) in [6.45, 7) is 8.64. The van der Waals surface area contributed by atoms with Crippen LogP contribution in [0.1, 0.15) is 33.3 Å². The second kappa shape index (κ2) is 17.8. The van der Waals surface area contributed by atoms with Crippen LogP contribution in [0.5, 0.6) is 0 Å². The quantitative estimate of drug-likeness (QED) is 0.596. The fourth-order valence-corrected chi connectivity index (χ4v) is 1.23. The molecule has 1 aromatic carbocycles. The van der Waals surface area contributed by atoms with Gasteiger partial charge in [-0.15, -0.1) is 0 Å². The highest BCUT2D eigenvalue weighted by molar-refractivity contribution is 5.54. The molecule has 128 valence electrons. The van der Waals surface area contributed by atoms with Gasteiger partial charge < -0.3 is 24.5 Å². The Balaban J connectivity index is 0. The third-order valence-corrected chi connectivity index (χ3v) is 2.23. The van der Waals surface area contributed by atoms with Crippen molar-refractivity contribution in [1.29, 1.82) is 0 Å². The first-order chi connectivity index (χ1) is 10.5. The Hall–Kier alpha value is -1.27. The minimum Gasteiger partial charge on any atom is -0.394 e. The summed E-state index contributed by atoms with van der Waals surface area (Å²) >= 11 is 0. The lowest BCUT2D eigenvalue weighted by Gasteiger charge is -2.09. The van der Waals surface area contributed by atoms with Crippen LogP contribution in [0.25, 0.3) is 0 Å². The van der Waals surface area contributed by atoms with Crippen LogP contribution in [0.15, 0.2) is 30.3 Å². The van der Waals surface area contributed by atoms with Gasteiger partial charge in [0.2, 0.25) is 0 Å². The smallest absolute Gasteiger partial charge is 0.154 e. The molecule has 5 heteroatoms. The van der Waals surface area contributed by atoms with Gasteiger partial charge in [-0.2, -0.15) is 0 Å². The van der Waals surface area contributed by atoms with Crippen molar-refractivity contribution < 1.29 is 24.5 Å². The van der Waals surface area contributed by atoms with Gasteiger partial charge in [0.25, 0.3) is 0 Å². The van der Waals surface area contributed by atoms with E-state index in [1.807, 2.05) is 51.1 Å². The molecule has 0 radical (unpaired) electrons. The molecule has 0 saturated heterocycles. The number of ether oxygens (including phenoxy) is 2. The molecule has 0 fully saturated rings. The Kier molecular flexibility index (Phi) is 18.6. The summed E-state index contributed by atoms with van der Waals surface area (Å²) in [6, 6.07) is 9.68. The third kappa shape index (κ3) is 18.7. The molecule has 0 bridgehead atoms. The molecule has 0 saturated carbocycles. The number of benzene rings is 1. The van der Waals surface area contributed by atoms with E-state index in [2.05, 4.69) is 0 Å². The van der Waals surface area contributed by atoms with Crippen LogP contribution in [0.2, 0.25) is 0 Å². The molecular formula is C17H30O5. The van der Waals surface area contributed by atoms with Crippen LogP contribution >= 0.6 is 0 Å². The predicted octanol–water partition coefficient (Wildman–Crippen LogP) is 2.19. The van der Waals surface area contributed by atoms with E-state index in [1.54, 1.807) is 0 Å². The van der Waals surface area contributed by atoms with Gasteiger partial charge >= 0.3 is 0 Å². The van der Waals surface area contributed by atoms with Crippen molar-refractivity contribution in [2.75, 3.05) is 19.8 Å². The van der Waals surface area contributed by atoms with Crippen LogP contribution in [-0.2, 0) is 20.7 Å². The van der Waals surface area contributed by atoms with Gasteiger partial charge in [-0.3, -0.25) is 0 Å². The van der Waals surface area contributed by atoms with E-state index in [1.165, 1.54) is 6.92 Å². The molecule has 0 heterocycles. The van der Waals surface area contributed by atoms with Crippen molar-refractivity contribution >= 4 is 6.29 Å². The van der Waals surface area contributed by atoms with Crippen molar-refractivity contribution in [1.82, 2.24) is 0 Å². The summed E-state index contributed by atoms with van der Waals surface area (Å²) in [4.78, 5) is 9.97. The molecule has 1 unspecified atom stereocenters. The Morgan fingerprint density at radius 2 is 1.55 bits per heavy atom. The third-order valence-electron chi connectivity index (χ3n) is 2.23. The number of aldehydes is 1. The number of carbonyl (C=O) groups is 1. The number of aliphatic hydroxyl groups is 2. The molecule has 22 heavy (non-hydrogen) atoms. The van der Waals surface area contributed by atoms with Crippen molar-refractivity contribution in [2.45, 2.75) is 46.5 Å². The molecule has 0 aliphatic carbocycles. The highest BCUT2D eigenvalue weighted by Gasteiger charge is 1.94. The summed E-state index contributed by atoms with van der Waals surface area (Å²) in [7, 11) is 0. The Morgan fingerprint density at radius 1 is 1.09 bits per heavy atom. The standard InChI is InChI=1S/C8H8O.C6H14O2.C3H8O2/c9-7-6-8-4-2-1-3-5-8;1-4-7-6(3)8-5-2;1-3(5)2-4/h1-5,7H,6H2;6H,4-5H2,1-3H3;3-5H,2H2,1H3. The molecule has 1 aromatic rings. The van der Waals surface area contributed by atoms with E-state index in [-0.39, 0.29) is 12.9 Å². The lowest BCUT2D eigenvalue weighted by molar-refractivity contribution is -0.123. The number of hydrogen-bond acceptors (Lipinski definition) is 5. The summed E-state index contributed by atoms with van der Waals surface area (Å²) in [5.41, 5.74) is 1.08. The molecule has 1 atom stereocenters. The zero-order chi connectivity index (χ0) is 17.2. The molecule has 2 N–H and O–H groups in total. The second-order valence-electron chi connectivity index (χ2n) is 4.37. The van der Waals surface area contributed by atoms with Crippen molar-refractivity contribution in [3.8, 4) is 0 Å². The van der Waals surface area contributed by atoms with Crippen molar-refractivity contribution in [2.24, 2.45) is 0 Å². The summed E-state index contributed by atoms with van der Waals surface area (Å²) in [5, 5.41) is 16.0. The van der Waals surface area contributed by atoms with E-state index in [4.69, 9.17) is 19.7 Å². The molecule has 0 aliphatic rings. The first kappa shape index (κ1) is 23.0. The van der Waals surface area contributed by atoms with Gasteiger partial charge in [0.05, 0.1) is 12.7 Å². The number of aliphatic hydroxyl groups excluding tert-OH is 2. The Bertz CT molecular complexity index is 321. The number of hydrogen-bond donors (Lipinski definition) is 2. The molecule has 0 spiro atoms. The summed E-state index contributed by atoms with van der Waals surface area (Å²) in [5.74, 6) is 0. The van der Waals surface area contributed by atoms with Crippen LogP contribution < -0.4 is 0 Å². The largest absolute Gasteiger partial charge is 0.394 e. The summed E-state index contributed by atoms with van der Waals surface area (Å²) < 4.78 is 10.1. The maximum atomic E-state index is 9.97. The highest BCUT2D eigenvalue weighted by Crippen LogP contribution is 1.96. The first-order valence-corrected chi connectivity index (χ1v) is 7.51. The van der Waals surface area contributed by atoms with Gasteiger partial charge in [-0.05, 0) is 33.3 Å². The van der Waals surface area contributed by atoms with Crippen LogP contribution in [0.4, 0.5) is 0 Å². The summed E-state index contributed by atoms with van der Waals surface area (Å²) in [6.07, 6.45) is 0.843. The van der Waals surface area contributed by atoms with Crippen LogP contribution in [0.3, 0.4) is 0 Å². The maximum Gasteiger partial charge on any atom is 0.154 e. The lowest BCUT2D eigenvalue weighted by Crippen LogP contribution is -2.11. The van der Waals surface area contributed by atoms with E-state index >= 15 is 0 Å². The molecule has 0 aromatic heterocycles. The topological polar surface area (TPSA) is 76.0 Å². The number of carbonyl (C=O) groups excluding carboxylic acids is 1. The Morgan fingerprint density at radius 3 is 1.86 bits per heavy atom. The maximum absolute atomic E-state index is 9.97. The molecule has 0 aliphatic heterocycles. The Labute approximate surface area is 133 Å². The van der Waals surface area contributed by atoms with Crippen molar-refractivity contribution in [3.63, 3.8) is 0 Å². The highest BCUT2D eigenvalue weighted by atomic mass is 16.7. The molecule has 1 rings (SSSR count).